The fourth-order valence-electron chi connectivity index (χ4n) is 1.03. The van der Waals surface area contributed by atoms with E-state index < -0.39 is 11.9 Å². The topological polar surface area (TPSA) is 88.4 Å². The summed E-state index contributed by atoms with van der Waals surface area (Å²) < 4.78 is 9.03. The van der Waals surface area contributed by atoms with Crippen LogP contribution in [0, 0.1) is 0 Å². The summed E-state index contributed by atoms with van der Waals surface area (Å²) in [6, 6.07) is 0. The molecule has 0 aliphatic carbocycles. The minimum absolute atomic E-state index is 0.0184. The van der Waals surface area contributed by atoms with E-state index in [9.17, 15) is 14.7 Å². The second-order valence-electron chi connectivity index (χ2n) is 3.72. The predicted molar refractivity (Wildman–Crippen MR) is 69.6 cm³/mol. The molecule has 0 aliphatic heterocycles. The standard InChI is InChI=1S/C12H18N2O5/c1-8(15)9(11(16)18-4)6-13-10(7-14(2)3)12(17)19-5/h6-7,15H,1-5H3/b9-8+,10-7+,13-6+. The van der Waals surface area contributed by atoms with Gasteiger partial charge in [0.2, 0.25) is 0 Å². The first-order chi connectivity index (χ1) is 8.83. The van der Waals surface area contributed by atoms with Gasteiger partial charge in [-0.15, -0.1) is 0 Å². The first kappa shape index (κ1) is 16.7. The number of hydrogen-bond acceptors (Lipinski definition) is 7. The highest BCUT2D eigenvalue weighted by molar-refractivity contribution is 6.10. The molecule has 0 bridgehead atoms. The Labute approximate surface area is 111 Å². The Morgan fingerprint density at radius 2 is 1.68 bits per heavy atom. The number of carbonyl (C=O) groups is 2. The van der Waals surface area contributed by atoms with E-state index in [-0.39, 0.29) is 17.0 Å². The number of aliphatic hydroxyl groups is 1. The predicted octanol–water partition coefficient (Wildman–Crippen LogP) is 0.638. The van der Waals surface area contributed by atoms with Crippen molar-refractivity contribution in [3.05, 3.63) is 23.2 Å². The maximum absolute atomic E-state index is 11.4. The van der Waals surface area contributed by atoms with Crippen LogP contribution in [-0.2, 0) is 19.1 Å². The van der Waals surface area contributed by atoms with E-state index >= 15 is 0 Å². The molecular weight excluding hydrogens is 252 g/mol. The molecule has 19 heavy (non-hydrogen) atoms. The molecule has 0 aromatic heterocycles. The molecule has 0 amide bonds. The fraction of sp³-hybridized carbons (Fsp3) is 0.417. The Morgan fingerprint density at radius 1 is 1.16 bits per heavy atom. The van der Waals surface area contributed by atoms with Crippen LogP contribution in [0.25, 0.3) is 0 Å². The van der Waals surface area contributed by atoms with Crippen molar-refractivity contribution in [1.82, 2.24) is 4.90 Å². The molecule has 7 heteroatoms. The van der Waals surface area contributed by atoms with Crippen LogP contribution in [-0.4, -0.2) is 56.5 Å². The van der Waals surface area contributed by atoms with Gasteiger partial charge in [0.1, 0.15) is 11.3 Å². The van der Waals surface area contributed by atoms with Gasteiger partial charge in [0, 0.05) is 26.5 Å². The highest BCUT2D eigenvalue weighted by atomic mass is 16.5. The van der Waals surface area contributed by atoms with E-state index in [0.29, 0.717) is 0 Å². The molecule has 0 aliphatic rings. The van der Waals surface area contributed by atoms with E-state index in [1.54, 1.807) is 19.0 Å². The monoisotopic (exact) mass is 270 g/mol. The van der Waals surface area contributed by atoms with E-state index in [2.05, 4.69) is 14.5 Å². The third-order valence-corrected chi connectivity index (χ3v) is 1.90. The molecule has 106 valence electrons. The van der Waals surface area contributed by atoms with Crippen LogP contribution in [0.4, 0.5) is 0 Å². The van der Waals surface area contributed by atoms with Gasteiger partial charge >= 0.3 is 11.9 Å². The number of carbonyl (C=O) groups excluding carboxylic acids is 2. The van der Waals surface area contributed by atoms with Crippen molar-refractivity contribution in [2.75, 3.05) is 28.3 Å². The first-order valence-electron chi connectivity index (χ1n) is 5.32. The van der Waals surface area contributed by atoms with E-state index in [0.717, 1.165) is 6.21 Å². The second kappa shape index (κ2) is 7.91. The number of aliphatic imine (C=N–C) groups is 1. The van der Waals surface area contributed by atoms with Crippen LogP contribution in [0.15, 0.2) is 28.2 Å². The van der Waals surface area contributed by atoms with Crippen molar-refractivity contribution >= 4 is 18.2 Å². The fourth-order valence-corrected chi connectivity index (χ4v) is 1.03. The highest BCUT2D eigenvalue weighted by Gasteiger charge is 2.13. The van der Waals surface area contributed by atoms with E-state index in [1.165, 1.54) is 27.3 Å². The van der Waals surface area contributed by atoms with Gasteiger partial charge in [-0.25, -0.2) is 14.6 Å². The van der Waals surface area contributed by atoms with Gasteiger partial charge in [0.25, 0.3) is 0 Å². The summed E-state index contributed by atoms with van der Waals surface area (Å²) in [6.07, 6.45) is 2.47. The molecule has 0 fully saturated rings. The average molecular weight is 270 g/mol. The lowest BCUT2D eigenvalue weighted by molar-refractivity contribution is -0.137. The molecule has 1 N–H and O–H groups in total. The molecule has 0 aromatic carbocycles. The Balaban J connectivity index is 5.35. The quantitative estimate of drug-likeness (QED) is 0.341. The SMILES string of the molecule is COC(=O)C(=C\N(C)C)/N=C/C(C(=O)OC)=C(/C)O. The third kappa shape index (κ3) is 5.71. The third-order valence-electron chi connectivity index (χ3n) is 1.90. The van der Waals surface area contributed by atoms with Crippen molar-refractivity contribution in [1.29, 1.82) is 0 Å². The van der Waals surface area contributed by atoms with Crippen LogP contribution in [0.2, 0.25) is 0 Å². The van der Waals surface area contributed by atoms with Gasteiger partial charge in [-0.1, -0.05) is 0 Å². The van der Waals surface area contributed by atoms with Gasteiger partial charge in [-0.3, -0.25) is 0 Å². The normalized spacial score (nSPS) is 13.0. The summed E-state index contributed by atoms with van der Waals surface area (Å²) in [5.74, 6) is -1.67. The summed E-state index contributed by atoms with van der Waals surface area (Å²) in [6.45, 7) is 1.31. The molecule has 0 radical (unpaired) electrons. The van der Waals surface area contributed by atoms with Gasteiger partial charge in [0.15, 0.2) is 5.70 Å². The van der Waals surface area contributed by atoms with Crippen molar-refractivity contribution in [3.63, 3.8) is 0 Å². The zero-order valence-corrected chi connectivity index (χ0v) is 11.6. The maximum atomic E-state index is 11.4. The smallest absolute Gasteiger partial charge is 0.358 e. The Bertz CT molecular complexity index is 431. The van der Waals surface area contributed by atoms with Crippen LogP contribution >= 0.6 is 0 Å². The first-order valence-corrected chi connectivity index (χ1v) is 5.32. The second-order valence-corrected chi connectivity index (χ2v) is 3.72. The van der Waals surface area contributed by atoms with Crippen molar-refractivity contribution < 1.29 is 24.2 Å². The zero-order chi connectivity index (χ0) is 15.0. The van der Waals surface area contributed by atoms with Crippen LogP contribution in [0.1, 0.15) is 6.92 Å². The van der Waals surface area contributed by atoms with Crippen LogP contribution in [0.3, 0.4) is 0 Å². The molecule has 0 rings (SSSR count). The highest BCUT2D eigenvalue weighted by Crippen LogP contribution is 2.05. The van der Waals surface area contributed by atoms with Crippen molar-refractivity contribution in [2.45, 2.75) is 6.92 Å². The lowest BCUT2D eigenvalue weighted by Gasteiger charge is -2.07. The number of ether oxygens (including phenoxy) is 2. The Hall–Kier alpha value is -2.31. The number of nitrogens with zero attached hydrogens (tertiary/aromatic N) is 2. The van der Waals surface area contributed by atoms with E-state index in [1.807, 2.05) is 0 Å². The van der Waals surface area contributed by atoms with Gasteiger partial charge in [-0.2, -0.15) is 0 Å². The van der Waals surface area contributed by atoms with E-state index in [4.69, 9.17) is 0 Å². The Morgan fingerprint density at radius 3 is 2.05 bits per heavy atom. The zero-order valence-electron chi connectivity index (χ0n) is 11.6. The van der Waals surface area contributed by atoms with Gasteiger partial charge in [0.05, 0.1) is 14.2 Å². The summed E-state index contributed by atoms with van der Waals surface area (Å²) >= 11 is 0. The lowest BCUT2D eigenvalue weighted by atomic mass is 10.2. The molecule has 0 heterocycles. The van der Waals surface area contributed by atoms with Crippen LogP contribution < -0.4 is 0 Å². The lowest BCUT2D eigenvalue weighted by Crippen LogP contribution is -2.12. The van der Waals surface area contributed by atoms with Gasteiger partial charge < -0.3 is 19.5 Å². The summed E-state index contributed by atoms with van der Waals surface area (Å²) in [5.41, 5.74) is -0.161. The molecule has 0 unspecified atom stereocenters. The average Bonchev–Trinajstić information content (AvgIpc) is 2.35. The summed E-state index contributed by atoms with van der Waals surface area (Å²) in [4.78, 5) is 28.2. The molecule has 0 saturated heterocycles. The minimum atomic E-state index is -0.752. The molecular formula is C12H18N2O5. The van der Waals surface area contributed by atoms with Gasteiger partial charge in [-0.05, 0) is 6.92 Å². The molecule has 7 nitrogen and oxygen atoms in total. The van der Waals surface area contributed by atoms with Crippen molar-refractivity contribution in [3.8, 4) is 0 Å². The largest absolute Gasteiger partial charge is 0.512 e. The summed E-state index contributed by atoms with van der Waals surface area (Å²) in [5, 5.41) is 9.35. The van der Waals surface area contributed by atoms with Crippen LogP contribution in [0.5, 0.6) is 0 Å². The van der Waals surface area contributed by atoms with Crippen molar-refractivity contribution in [2.24, 2.45) is 4.99 Å². The summed E-state index contributed by atoms with van der Waals surface area (Å²) in [7, 11) is 5.80. The molecule has 0 atom stereocenters. The molecule has 0 saturated carbocycles. The number of methoxy groups -OCH3 is 2. The molecule has 0 aromatic rings. The number of allylic oxidation sites excluding steroid dienone is 1. The number of rotatable bonds is 5. The molecule has 0 spiro atoms. The number of esters is 2. The maximum Gasteiger partial charge on any atom is 0.358 e. The number of aliphatic hydroxyl groups excluding tert-OH is 1. The Kier molecular flexibility index (Phi) is 6.95. The number of hydrogen-bond donors (Lipinski definition) is 1. The minimum Gasteiger partial charge on any atom is -0.512 e.